The number of unbranched alkanes of at least 4 members (excludes halogenated alkanes) is 1. The van der Waals surface area contributed by atoms with Crippen molar-refractivity contribution >= 4 is 0 Å². The average molecular weight is 208 g/mol. The number of hydrogen-bond donors (Lipinski definition) is 0. The Morgan fingerprint density at radius 2 is 1.87 bits per heavy atom. The third-order valence-electron chi connectivity index (χ3n) is 2.65. The highest BCUT2D eigenvalue weighted by atomic mass is 15.3. The Kier molecular flexibility index (Phi) is 3.95. The molecule has 0 bridgehead atoms. The van der Waals surface area contributed by atoms with Gasteiger partial charge < -0.3 is 0 Å². The van der Waals surface area contributed by atoms with Gasteiger partial charge in [-0.15, -0.1) is 0 Å². The van der Waals surface area contributed by atoms with Crippen LogP contribution in [-0.4, -0.2) is 9.78 Å². The molecule has 2 heteroatoms. The molecule has 0 N–H and O–H groups in total. The van der Waals surface area contributed by atoms with E-state index in [1.54, 1.807) is 0 Å². The summed E-state index contributed by atoms with van der Waals surface area (Å²) in [7, 11) is 0. The molecule has 0 radical (unpaired) electrons. The lowest BCUT2D eigenvalue weighted by Crippen LogP contribution is -2.07. The van der Waals surface area contributed by atoms with Gasteiger partial charge in [-0.1, -0.05) is 27.2 Å². The standard InChI is InChI=1S/C13H24N2/c1-11-10-12(2)15(14-11)9-7-6-8-13(3,4)5/h10H,6-9H2,1-5H3. The van der Waals surface area contributed by atoms with Gasteiger partial charge in [0.2, 0.25) is 0 Å². The quantitative estimate of drug-likeness (QED) is 0.690. The first-order valence-electron chi connectivity index (χ1n) is 5.89. The fourth-order valence-electron chi connectivity index (χ4n) is 1.82. The molecule has 15 heavy (non-hydrogen) atoms. The van der Waals surface area contributed by atoms with Crippen LogP contribution in [0.3, 0.4) is 0 Å². The fourth-order valence-corrected chi connectivity index (χ4v) is 1.82. The summed E-state index contributed by atoms with van der Waals surface area (Å²) in [5.41, 5.74) is 2.88. The molecule has 1 aromatic rings. The van der Waals surface area contributed by atoms with Crippen molar-refractivity contribution in [3.63, 3.8) is 0 Å². The van der Waals surface area contributed by atoms with E-state index in [9.17, 15) is 0 Å². The highest BCUT2D eigenvalue weighted by molar-refractivity contribution is 5.06. The van der Waals surface area contributed by atoms with Gasteiger partial charge >= 0.3 is 0 Å². The van der Waals surface area contributed by atoms with Gasteiger partial charge in [-0.3, -0.25) is 4.68 Å². The summed E-state index contributed by atoms with van der Waals surface area (Å²) < 4.78 is 2.12. The lowest BCUT2D eigenvalue weighted by atomic mass is 9.90. The average Bonchev–Trinajstić information content (AvgIpc) is 2.37. The van der Waals surface area contributed by atoms with E-state index in [1.165, 1.54) is 25.0 Å². The van der Waals surface area contributed by atoms with Gasteiger partial charge in [0.1, 0.15) is 0 Å². The van der Waals surface area contributed by atoms with E-state index in [2.05, 4.69) is 50.5 Å². The molecular weight excluding hydrogens is 184 g/mol. The number of rotatable bonds is 4. The van der Waals surface area contributed by atoms with Gasteiger partial charge in [0.05, 0.1) is 5.69 Å². The summed E-state index contributed by atoms with van der Waals surface area (Å²) >= 11 is 0. The van der Waals surface area contributed by atoms with Crippen LogP contribution in [0.5, 0.6) is 0 Å². The van der Waals surface area contributed by atoms with Crippen LogP contribution in [0, 0.1) is 19.3 Å². The Bertz CT molecular complexity index is 305. The summed E-state index contributed by atoms with van der Waals surface area (Å²) in [6.45, 7) is 12.2. The Morgan fingerprint density at radius 1 is 1.20 bits per heavy atom. The van der Waals surface area contributed by atoms with Crippen molar-refractivity contribution in [2.45, 2.75) is 60.4 Å². The minimum atomic E-state index is 0.467. The Morgan fingerprint density at radius 3 is 2.33 bits per heavy atom. The summed E-state index contributed by atoms with van der Waals surface area (Å²) in [5, 5.41) is 4.46. The molecule has 0 spiro atoms. The second-order valence-corrected chi connectivity index (χ2v) is 5.67. The molecule has 0 aliphatic heterocycles. The van der Waals surface area contributed by atoms with Gasteiger partial charge in [0.25, 0.3) is 0 Å². The SMILES string of the molecule is Cc1cc(C)n(CCCCC(C)(C)C)n1. The van der Waals surface area contributed by atoms with Gasteiger partial charge in [-0.25, -0.2) is 0 Å². The summed E-state index contributed by atoms with van der Waals surface area (Å²) in [6, 6.07) is 2.14. The van der Waals surface area contributed by atoms with Crippen LogP contribution in [0.25, 0.3) is 0 Å². The molecule has 0 atom stereocenters. The zero-order valence-corrected chi connectivity index (χ0v) is 10.8. The fraction of sp³-hybridized carbons (Fsp3) is 0.769. The molecule has 1 rings (SSSR count). The zero-order valence-electron chi connectivity index (χ0n) is 10.8. The first-order chi connectivity index (χ1) is 6.88. The van der Waals surface area contributed by atoms with Gasteiger partial charge in [0.15, 0.2) is 0 Å². The Labute approximate surface area is 93.7 Å². The van der Waals surface area contributed by atoms with Crippen LogP contribution in [-0.2, 0) is 6.54 Å². The van der Waals surface area contributed by atoms with Gasteiger partial charge in [0, 0.05) is 12.2 Å². The van der Waals surface area contributed by atoms with Crippen LogP contribution in [0.4, 0.5) is 0 Å². The van der Waals surface area contributed by atoms with E-state index >= 15 is 0 Å². The molecule has 0 aliphatic rings. The van der Waals surface area contributed by atoms with Crippen LogP contribution >= 0.6 is 0 Å². The monoisotopic (exact) mass is 208 g/mol. The first kappa shape index (κ1) is 12.3. The first-order valence-corrected chi connectivity index (χ1v) is 5.89. The largest absolute Gasteiger partial charge is 0.270 e. The van der Waals surface area contributed by atoms with E-state index in [4.69, 9.17) is 0 Å². The van der Waals surface area contributed by atoms with Crippen molar-refractivity contribution in [2.24, 2.45) is 5.41 Å². The molecule has 0 saturated heterocycles. The maximum Gasteiger partial charge on any atom is 0.0596 e. The molecule has 0 fully saturated rings. The number of nitrogens with zero attached hydrogens (tertiary/aromatic N) is 2. The summed E-state index contributed by atoms with van der Waals surface area (Å²) in [4.78, 5) is 0. The molecule has 0 aromatic carbocycles. The van der Waals surface area contributed by atoms with Crippen LogP contribution in [0.15, 0.2) is 6.07 Å². The van der Waals surface area contributed by atoms with Gasteiger partial charge in [-0.05, 0) is 38.2 Å². The Hall–Kier alpha value is -0.790. The molecule has 1 heterocycles. The van der Waals surface area contributed by atoms with E-state index < -0.39 is 0 Å². The second kappa shape index (κ2) is 4.82. The van der Waals surface area contributed by atoms with E-state index in [0.717, 1.165) is 12.2 Å². The summed E-state index contributed by atoms with van der Waals surface area (Å²) in [5.74, 6) is 0. The normalized spacial score (nSPS) is 12.1. The molecule has 0 unspecified atom stereocenters. The molecule has 0 saturated carbocycles. The molecule has 0 amide bonds. The third-order valence-corrected chi connectivity index (χ3v) is 2.65. The van der Waals surface area contributed by atoms with Crippen molar-refractivity contribution in [2.75, 3.05) is 0 Å². The number of aryl methyl sites for hydroxylation is 3. The number of aromatic nitrogens is 2. The predicted octanol–water partition coefficient (Wildman–Crippen LogP) is 3.72. The molecule has 1 aromatic heterocycles. The number of hydrogen-bond acceptors (Lipinski definition) is 1. The second-order valence-electron chi connectivity index (χ2n) is 5.67. The summed E-state index contributed by atoms with van der Waals surface area (Å²) in [6.07, 6.45) is 3.83. The predicted molar refractivity (Wildman–Crippen MR) is 65.0 cm³/mol. The van der Waals surface area contributed by atoms with Crippen molar-refractivity contribution in [3.05, 3.63) is 17.5 Å². The smallest absolute Gasteiger partial charge is 0.0596 e. The lowest BCUT2D eigenvalue weighted by molar-refractivity contribution is 0.352. The maximum atomic E-state index is 4.46. The van der Waals surface area contributed by atoms with Crippen molar-refractivity contribution in [1.29, 1.82) is 0 Å². The van der Waals surface area contributed by atoms with Crippen LogP contribution in [0.1, 0.15) is 51.4 Å². The van der Waals surface area contributed by atoms with E-state index in [1.807, 2.05) is 0 Å². The minimum absolute atomic E-state index is 0.467. The van der Waals surface area contributed by atoms with Crippen molar-refractivity contribution < 1.29 is 0 Å². The zero-order chi connectivity index (χ0) is 11.5. The third kappa shape index (κ3) is 4.50. The maximum absolute atomic E-state index is 4.46. The molecule has 86 valence electrons. The van der Waals surface area contributed by atoms with Crippen LogP contribution in [0.2, 0.25) is 0 Å². The molecule has 2 nitrogen and oxygen atoms in total. The highest BCUT2D eigenvalue weighted by Crippen LogP contribution is 2.21. The van der Waals surface area contributed by atoms with Crippen molar-refractivity contribution in [3.8, 4) is 0 Å². The van der Waals surface area contributed by atoms with E-state index in [0.29, 0.717) is 5.41 Å². The van der Waals surface area contributed by atoms with E-state index in [-0.39, 0.29) is 0 Å². The topological polar surface area (TPSA) is 17.8 Å². The highest BCUT2D eigenvalue weighted by Gasteiger charge is 2.09. The van der Waals surface area contributed by atoms with Crippen molar-refractivity contribution in [1.82, 2.24) is 9.78 Å². The molecule has 0 aliphatic carbocycles. The van der Waals surface area contributed by atoms with Crippen LogP contribution < -0.4 is 0 Å². The minimum Gasteiger partial charge on any atom is -0.270 e. The lowest BCUT2D eigenvalue weighted by Gasteiger charge is -2.17. The van der Waals surface area contributed by atoms with Gasteiger partial charge in [-0.2, -0.15) is 5.10 Å². The molecular formula is C13H24N2. The Balaban J connectivity index is 2.29.